The molecule has 1 aromatic carbocycles. The molecule has 0 saturated carbocycles. The van der Waals surface area contributed by atoms with Crippen molar-refractivity contribution < 1.29 is 4.42 Å². The van der Waals surface area contributed by atoms with Gasteiger partial charge < -0.3 is 10.2 Å². The molecule has 0 aliphatic carbocycles. The predicted molar refractivity (Wildman–Crippen MR) is 58.9 cm³/mol. The maximum Gasteiger partial charge on any atom is 0.209 e. The smallest absolute Gasteiger partial charge is 0.209 e. The monoisotopic (exact) mass is 232 g/mol. The van der Waals surface area contributed by atoms with Crippen molar-refractivity contribution >= 4 is 35.1 Å². The number of benzene rings is 1. The van der Waals surface area contributed by atoms with Gasteiger partial charge in [0.1, 0.15) is 5.52 Å². The molecule has 3 nitrogen and oxygen atoms in total. The van der Waals surface area contributed by atoms with Crippen LogP contribution in [-0.4, -0.2) is 4.98 Å². The van der Waals surface area contributed by atoms with Gasteiger partial charge in [0.05, 0.1) is 6.54 Å². The minimum absolute atomic E-state index is 0. The zero-order valence-electron chi connectivity index (χ0n) is 7.58. The lowest BCUT2D eigenvalue weighted by Gasteiger charge is -1.93. The van der Waals surface area contributed by atoms with Gasteiger partial charge in [-0.1, -0.05) is 11.6 Å². The summed E-state index contributed by atoms with van der Waals surface area (Å²) in [7, 11) is 0. The van der Waals surface area contributed by atoms with Gasteiger partial charge in [-0.25, -0.2) is 4.98 Å². The maximum absolute atomic E-state index is 5.93. The van der Waals surface area contributed by atoms with Crippen molar-refractivity contribution in [3.8, 4) is 0 Å². The summed E-state index contributed by atoms with van der Waals surface area (Å²) in [5.41, 5.74) is 7.88. The number of aromatic nitrogens is 1. The summed E-state index contributed by atoms with van der Waals surface area (Å²) in [4.78, 5) is 4.16. The summed E-state index contributed by atoms with van der Waals surface area (Å²) >= 11 is 5.93. The number of rotatable bonds is 1. The van der Waals surface area contributed by atoms with E-state index in [1.807, 2.05) is 13.0 Å². The Morgan fingerprint density at radius 3 is 2.86 bits per heavy atom. The quantitative estimate of drug-likeness (QED) is 0.823. The number of nitrogens with two attached hydrogens (primary N) is 1. The Morgan fingerprint density at radius 1 is 1.50 bits per heavy atom. The highest BCUT2D eigenvalue weighted by atomic mass is 35.5. The van der Waals surface area contributed by atoms with E-state index in [4.69, 9.17) is 21.8 Å². The molecule has 0 radical (unpaired) electrons. The number of halogens is 2. The molecule has 0 aliphatic heterocycles. The molecule has 2 rings (SSSR count). The van der Waals surface area contributed by atoms with Gasteiger partial charge in [-0.15, -0.1) is 12.4 Å². The van der Waals surface area contributed by atoms with Gasteiger partial charge in [0, 0.05) is 5.02 Å². The zero-order valence-corrected chi connectivity index (χ0v) is 9.15. The van der Waals surface area contributed by atoms with Crippen LogP contribution in [0, 0.1) is 6.92 Å². The highest BCUT2D eigenvalue weighted by Gasteiger charge is 2.06. The van der Waals surface area contributed by atoms with Crippen LogP contribution in [0.1, 0.15) is 11.5 Å². The minimum atomic E-state index is 0. The first-order valence-electron chi connectivity index (χ1n) is 3.96. The molecule has 0 aliphatic rings. The second-order valence-corrected chi connectivity index (χ2v) is 3.29. The average Bonchev–Trinajstić information content (AvgIpc) is 2.48. The summed E-state index contributed by atoms with van der Waals surface area (Å²) in [6.45, 7) is 2.23. The van der Waals surface area contributed by atoms with Crippen LogP contribution in [-0.2, 0) is 6.54 Å². The van der Waals surface area contributed by atoms with Crippen LogP contribution < -0.4 is 5.73 Å². The van der Waals surface area contributed by atoms with E-state index in [0.29, 0.717) is 17.5 Å². The van der Waals surface area contributed by atoms with Crippen LogP contribution in [0.3, 0.4) is 0 Å². The normalized spacial score (nSPS) is 10.2. The third kappa shape index (κ3) is 1.85. The fourth-order valence-corrected chi connectivity index (χ4v) is 1.34. The fraction of sp³-hybridized carbons (Fsp3) is 0.222. The Bertz CT molecular complexity index is 414. The Balaban J connectivity index is 0.000000980. The standard InChI is InChI=1S/C9H9ClN2O.ClH/c1-5-2-8-7(3-6(5)10)12-9(4-11)13-8;/h2-3H,4,11H2,1H3;1H. The number of nitrogens with zero attached hydrogens (tertiary/aromatic N) is 1. The van der Waals surface area contributed by atoms with Gasteiger partial charge in [0.15, 0.2) is 5.58 Å². The second kappa shape index (κ2) is 4.17. The SMILES string of the molecule is Cc1cc2oc(CN)nc2cc1Cl.Cl. The molecule has 0 amide bonds. The van der Waals surface area contributed by atoms with Gasteiger partial charge in [-0.05, 0) is 24.6 Å². The van der Waals surface area contributed by atoms with Crippen molar-refractivity contribution in [2.24, 2.45) is 5.73 Å². The van der Waals surface area contributed by atoms with Crippen molar-refractivity contribution in [1.29, 1.82) is 0 Å². The maximum atomic E-state index is 5.93. The number of oxazole rings is 1. The summed E-state index contributed by atoms with van der Waals surface area (Å²) in [6, 6.07) is 3.65. The minimum Gasteiger partial charge on any atom is -0.439 e. The molecule has 0 atom stereocenters. The molecule has 1 aromatic heterocycles. The molecule has 0 fully saturated rings. The third-order valence-electron chi connectivity index (χ3n) is 1.89. The van der Waals surface area contributed by atoms with Crippen LogP contribution >= 0.6 is 24.0 Å². The van der Waals surface area contributed by atoms with Crippen molar-refractivity contribution in [2.45, 2.75) is 13.5 Å². The molecule has 5 heteroatoms. The second-order valence-electron chi connectivity index (χ2n) is 2.88. The number of hydrogen-bond acceptors (Lipinski definition) is 3. The topological polar surface area (TPSA) is 52.0 Å². The van der Waals surface area contributed by atoms with E-state index in [9.17, 15) is 0 Å². The van der Waals surface area contributed by atoms with Crippen LogP contribution in [0.5, 0.6) is 0 Å². The van der Waals surface area contributed by atoms with E-state index in [2.05, 4.69) is 4.98 Å². The van der Waals surface area contributed by atoms with Gasteiger partial charge in [-0.3, -0.25) is 0 Å². The Morgan fingerprint density at radius 2 is 2.21 bits per heavy atom. The molecule has 2 N–H and O–H groups in total. The molecule has 1 heterocycles. The summed E-state index contributed by atoms with van der Waals surface area (Å²) in [6.07, 6.45) is 0. The molecular formula is C9H10Cl2N2O. The lowest BCUT2D eigenvalue weighted by atomic mass is 10.2. The largest absolute Gasteiger partial charge is 0.439 e. The van der Waals surface area contributed by atoms with E-state index >= 15 is 0 Å². The first kappa shape index (κ1) is 11.3. The van der Waals surface area contributed by atoms with Gasteiger partial charge in [-0.2, -0.15) is 0 Å². The highest BCUT2D eigenvalue weighted by molar-refractivity contribution is 6.32. The van der Waals surface area contributed by atoms with E-state index in [1.54, 1.807) is 6.07 Å². The van der Waals surface area contributed by atoms with E-state index < -0.39 is 0 Å². The molecule has 14 heavy (non-hydrogen) atoms. The van der Waals surface area contributed by atoms with Crippen LogP contribution in [0.4, 0.5) is 0 Å². The van der Waals surface area contributed by atoms with Crippen molar-refractivity contribution in [2.75, 3.05) is 0 Å². The van der Waals surface area contributed by atoms with Crippen LogP contribution in [0.2, 0.25) is 5.02 Å². The van der Waals surface area contributed by atoms with Crippen molar-refractivity contribution in [1.82, 2.24) is 4.98 Å². The van der Waals surface area contributed by atoms with Gasteiger partial charge in [0.25, 0.3) is 0 Å². The van der Waals surface area contributed by atoms with Gasteiger partial charge >= 0.3 is 0 Å². The van der Waals surface area contributed by atoms with Gasteiger partial charge in [0.2, 0.25) is 5.89 Å². The van der Waals surface area contributed by atoms with E-state index in [-0.39, 0.29) is 12.4 Å². The lowest BCUT2D eigenvalue weighted by molar-refractivity contribution is 0.533. The third-order valence-corrected chi connectivity index (χ3v) is 2.29. The number of hydrogen-bond donors (Lipinski definition) is 1. The van der Waals surface area contributed by atoms with Crippen molar-refractivity contribution in [3.05, 3.63) is 28.6 Å². The number of aryl methyl sites for hydroxylation is 1. The van der Waals surface area contributed by atoms with E-state index in [0.717, 1.165) is 16.7 Å². The average molecular weight is 233 g/mol. The highest BCUT2D eigenvalue weighted by Crippen LogP contribution is 2.23. The molecule has 76 valence electrons. The fourth-order valence-electron chi connectivity index (χ4n) is 1.19. The summed E-state index contributed by atoms with van der Waals surface area (Å²) in [5, 5.41) is 0.698. The first-order valence-corrected chi connectivity index (χ1v) is 4.34. The Hall–Kier alpha value is -0.770. The van der Waals surface area contributed by atoms with Crippen LogP contribution in [0.25, 0.3) is 11.1 Å². The molecular weight excluding hydrogens is 223 g/mol. The summed E-state index contributed by atoms with van der Waals surface area (Å²) < 4.78 is 5.36. The van der Waals surface area contributed by atoms with E-state index in [1.165, 1.54) is 0 Å². The zero-order chi connectivity index (χ0) is 9.42. The van der Waals surface area contributed by atoms with Crippen LogP contribution in [0.15, 0.2) is 16.5 Å². The molecule has 2 aromatic rings. The predicted octanol–water partition coefficient (Wildman–Crippen LogP) is 2.67. The van der Waals surface area contributed by atoms with Crippen molar-refractivity contribution in [3.63, 3.8) is 0 Å². The molecule has 0 spiro atoms. The lowest BCUT2D eigenvalue weighted by Crippen LogP contribution is -1.94. The molecule has 0 unspecified atom stereocenters. The first-order chi connectivity index (χ1) is 6.20. The molecule has 0 bridgehead atoms. The Kier molecular flexibility index (Phi) is 3.37. The number of fused-ring (bicyclic) bond motifs is 1. The molecule has 0 saturated heterocycles. The Labute approximate surface area is 92.7 Å². The summed E-state index contributed by atoms with van der Waals surface area (Å²) in [5.74, 6) is 0.539.